The molecule has 3 aliphatic rings. The summed E-state index contributed by atoms with van der Waals surface area (Å²) in [6, 6.07) is 9.58. The van der Waals surface area contributed by atoms with E-state index < -0.39 is 69.6 Å². The minimum atomic E-state index is -2.74. The van der Waals surface area contributed by atoms with Gasteiger partial charge in [-0.1, -0.05) is 30.3 Å². The van der Waals surface area contributed by atoms with Crippen molar-refractivity contribution in [2.24, 2.45) is 17.6 Å². The highest BCUT2D eigenvalue weighted by atomic mass is 35.5. The second kappa shape index (κ2) is 12.3. The summed E-state index contributed by atoms with van der Waals surface area (Å²) in [5, 5.41) is 44.7. The van der Waals surface area contributed by atoms with Crippen molar-refractivity contribution in [1.29, 1.82) is 0 Å². The number of carbonyl (C=O) groups is 3. The van der Waals surface area contributed by atoms with Gasteiger partial charge in [0.25, 0.3) is 5.91 Å². The normalized spacial score (nSPS) is 24.7. The Morgan fingerprint density at radius 1 is 1.07 bits per heavy atom. The lowest BCUT2D eigenvalue weighted by Crippen LogP contribution is -2.65. The van der Waals surface area contributed by atoms with Gasteiger partial charge in [-0.25, -0.2) is 4.39 Å². The van der Waals surface area contributed by atoms with Gasteiger partial charge in [-0.3, -0.25) is 24.2 Å². The summed E-state index contributed by atoms with van der Waals surface area (Å²) in [7, 11) is 4.84. The zero-order valence-corrected chi connectivity index (χ0v) is 25.3. The van der Waals surface area contributed by atoms with Crippen molar-refractivity contribution in [3.63, 3.8) is 0 Å². The number of aliphatic hydroxyl groups is 3. The second-order valence-corrected chi connectivity index (χ2v) is 11.3. The number of fused-ring (bicyclic) bond motifs is 3. The van der Waals surface area contributed by atoms with Gasteiger partial charge < -0.3 is 26.2 Å². The summed E-state index contributed by atoms with van der Waals surface area (Å²) in [5.41, 5.74) is 2.34. The fraction of sp³-hybridized carbons (Fsp3) is 0.367. The molecule has 1 saturated carbocycles. The van der Waals surface area contributed by atoms with E-state index in [1.54, 1.807) is 7.05 Å². The minimum absolute atomic E-state index is 0. The number of aliphatic hydroxyl groups excluding tert-OH is 2. The number of hydrogen-bond acceptors (Lipinski definition) is 9. The smallest absolute Gasteiger partial charge is 0.255 e. The van der Waals surface area contributed by atoms with Crippen LogP contribution in [0, 0.1) is 17.7 Å². The van der Waals surface area contributed by atoms with Crippen molar-refractivity contribution in [2.45, 2.75) is 37.6 Å². The number of carbonyl (C=O) groups excluding carboxylic acids is 3. The number of rotatable bonds is 6. The molecule has 10 nitrogen and oxygen atoms in total. The first-order valence-electron chi connectivity index (χ1n) is 13.2. The Kier molecular flexibility index (Phi) is 9.69. The monoisotopic (exact) mass is 637 g/mol. The van der Waals surface area contributed by atoms with Gasteiger partial charge in [0.2, 0.25) is 5.78 Å². The number of phenolic OH excluding ortho intramolecular Hbond substituents is 1. The summed E-state index contributed by atoms with van der Waals surface area (Å²) in [5.74, 6) is -8.33. The molecule has 1 amide bonds. The molecule has 232 valence electrons. The molecule has 2 aromatic rings. The second-order valence-electron chi connectivity index (χ2n) is 11.3. The van der Waals surface area contributed by atoms with Crippen molar-refractivity contribution >= 4 is 48.0 Å². The van der Waals surface area contributed by atoms with Gasteiger partial charge in [0, 0.05) is 35.7 Å². The first kappa shape index (κ1) is 34.0. The van der Waals surface area contributed by atoms with E-state index in [1.165, 1.54) is 25.1 Å². The summed E-state index contributed by atoms with van der Waals surface area (Å²) in [6.07, 6.45) is -0.214. The number of likely N-dealkylation sites (N-methyl/N-ethyl adjacent to an activating group) is 1. The summed E-state index contributed by atoms with van der Waals surface area (Å²) < 4.78 is 16.0. The molecule has 3 aliphatic carbocycles. The van der Waals surface area contributed by atoms with Crippen LogP contribution in [0.4, 0.5) is 4.39 Å². The van der Waals surface area contributed by atoms with Gasteiger partial charge in [-0.05, 0) is 51.5 Å². The van der Waals surface area contributed by atoms with Gasteiger partial charge in [0.05, 0.1) is 11.6 Å². The van der Waals surface area contributed by atoms with Crippen molar-refractivity contribution in [3.05, 3.63) is 81.4 Å². The molecule has 0 aromatic heterocycles. The molecule has 0 radical (unpaired) electrons. The molecule has 1 fully saturated rings. The standard InChI is InChI=1S/C30H32FN3O7.2ClH/c1-33(2)24-18-10-15-9-17-21(19(35)11-16(23(17)31)13-34(3)12-14-7-5-4-6-8-14)25(36)20(15)27(38)30(18,41)28(39)22(26(24)37)29(32)40;;/h4-8,11,15,18,24,35-36,39,41H,9-10,12-13H2,1-3H3,(H2,32,40);2*1H/t15-,18-,24-,30-;;/m0../s1. The fourth-order valence-corrected chi connectivity index (χ4v) is 6.70. The Balaban J connectivity index is 0.00000253. The third-order valence-electron chi connectivity index (χ3n) is 8.46. The quantitative estimate of drug-likeness (QED) is 0.299. The molecule has 2 aromatic carbocycles. The Hall–Kier alpha value is -3.48. The van der Waals surface area contributed by atoms with E-state index in [1.807, 2.05) is 35.2 Å². The molecule has 0 bridgehead atoms. The van der Waals surface area contributed by atoms with Crippen LogP contribution in [0.3, 0.4) is 0 Å². The van der Waals surface area contributed by atoms with E-state index >= 15 is 4.39 Å². The predicted octanol–water partition coefficient (Wildman–Crippen LogP) is 2.58. The number of amides is 1. The zero-order chi connectivity index (χ0) is 30.0. The molecular weight excluding hydrogens is 604 g/mol. The third kappa shape index (κ3) is 5.29. The third-order valence-corrected chi connectivity index (χ3v) is 8.46. The summed E-state index contributed by atoms with van der Waals surface area (Å²) in [4.78, 5) is 42.4. The van der Waals surface area contributed by atoms with E-state index in [9.17, 15) is 34.8 Å². The predicted molar refractivity (Wildman–Crippen MR) is 160 cm³/mol. The highest BCUT2D eigenvalue weighted by molar-refractivity contribution is 6.24. The van der Waals surface area contributed by atoms with Crippen LogP contribution in [-0.2, 0) is 33.9 Å². The lowest BCUT2D eigenvalue weighted by molar-refractivity contribution is -0.153. The van der Waals surface area contributed by atoms with Crippen molar-refractivity contribution in [3.8, 4) is 5.75 Å². The number of halogens is 3. The fourth-order valence-electron chi connectivity index (χ4n) is 6.70. The van der Waals surface area contributed by atoms with Crippen molar-refractivity contribution < 1.29 is 39.2 Å². The topological polar surface area (TPSA) is 165 Å². The molecule has 43 heavy (non-hydrogen) atoms. The van der Waals surface area contributed by atoms with E-state index in [0.717, 1.165) is 5.56 Å². The average molecular weight is 639 g/mol. The molecule has 5 rings (SSSR count). The number of hydrogen-bond donors (Lipinski definition) is 5. The molecule has 0 unspecified atom stereocenters. The molecule has 6 N–H and O–H groups in total. The van der Waals surface area contributed by atoms with Crippen LogP contribution in [0.25, 0.3) is 5.76 Å². The maximum atomic E-state index is 16.0. The van der Waals surface area contributed by atoms with Gasteiger partial charge in [-0.2, -0.15) is 0 Å². The number of ketones is 2. The Morgan fingerprint density at radius 2 is 1.70 bits per heavy atom. The van der Waals surface area contributed by atoms with Gasteiger partial charge in [-0.15, -0.1) is 24.8 Å². The zero-order valence-electron chi connectivity index (χ0n) is 23.7. The Bertz CT molecular complexity index is 1550. The van der Waals surface area contributed by atoms with Crippen LogP contribution in [0.2, 0.25) is 0 Å². The molecule has 0 aliphatic heterocycles. The first-order valence-corrected chi connectivity index (χ1v) is 13.2. The average Bonchev–Trinajstić information content (AvgIpc) is 2.89. The number of primary amides is 1. The van der Waals surface area contributed by atoms with Crippen LogP contribution in [0.15, 0.2) is 53.3 Å². The molecule has 4 atom stereocenters. The number of aromatic hydroxyl groups is 1. The van der Waals surface area contributed by atoms with E-state index in [-0.39, 0.29) is 66.5 Å². The number of benzene rings is 2. The maximum Gasteiger partial charge on any atom is 0.255 e. The first-order chi connectivity index (χ1) is 19.3. The SMILES string of the molecule is CN(Cc1ccccc1)Cc1cc(O)c2c(c1F)C[C@H]1C[C@H]3[C@H](N(C)C)C(=O)C(C(N)=O)=C(O)[C@@]3(O)C(=O)C1=C2O.Cl.Cl. The van der Waals surface area contributed by atoms with E-state index in [2.05, 4.69) is 0 Å². The van der Waals surface area contributed by atoms with Crippen LogP contribution >= 0.6 is 24.8 Å². The molecule has 0 heterocycles. The number of nitrogens with zero attached hydrogens (tertiary/aromatic N) is 2. The summed E-state index contributed by atoms with van der Waals surface area (Å²) >= 11 is 0. The van der Waals surface area contributed by atoms with Gasteiger partial charge in [0.1, 0.15) is 28.7 Å². The van der Waals surface area contributed by atoms with Gasteiger partial charge in [0.15, 0.2) is 11.4 Å². The largest absolute Gasteiger partial charge is 0.508 e. The van der Waals surface area contributed by atoms with Crippen molar-refractivity contribution in [2.75, 3.05) is 21.1 Å². The van der Waals surface area contributed by atoms with E-state index in [0.29, 0.717) is 6.54 Å². The number of phenols is 1. The van der Waals surface area contributed by atoms with E-state index in [4.69, 9.17) is 5.73 Å². The van der Waals surface area contributed by atoms with Crippen LogP contribution in [-0.4, -0.2) is 80.5 Å². The summed E-state index contributed by atoms with van der Waals surface area (Å²) in [6.45, 7) is 0.672. The minimum Gasteiger partial charge on any atom is -0.508 e. The molecule has 0 saturated heterocycles. The highest BCUT2D eigenvalue weighted by Gasteiger charge is 2.64. The van der Waals surface area contributed by atoms with Gasteiger partial charge >= 0.3 is 0 Å². The molecule has 13 heteroatoms. The number of nitrogens with two attached hydrogens (primary N) is 1. The maximum absolute atomic E-state index is 16.0. The number of Topliss-reactive ketones (excluding diaryl/α,β-unsaturated/α-hetero) is 2. The lowest BCUT2D eigenvalue weighted by Gasteiger charge is -2.50. The van der Waals surface area contributed by atoms with Crippen LogP contribution < -0.4 is 5.73 Å². The van der Waals surface area contributed by atoms with Crippen LogP contribution in [0.5, 0.6) is 5.75 Å². The van der Waals surface area contributed by atoms with Crippen LogP contribution in [0.1, 0.15) is 28.7 Å². The lowest BCUT2D eigenvalue weighted by atomic mass is 9.57. The highest BCUT2D eigenvalue weighted by Crippen LogP contribution is 2.53. The molecule has 0 spiro atoms. The Morgan fingerprint density at radius 3 is 2.28 bits per heavy atom. The van der Waals surface area contributed by atoms with Crippen molar-refractivity contribution in [1.82, 2.24) is 9.80 Å². The molecular formula is C30H34Cl2FN3O7. The Labute approximate surface area is 260 Å².